The van der Waals surface area contributed by atoms with Crippen LogP contribution in [-0.2, 0) is 23.7 Å². The van der Waals surface area contributed by atoms with Crippen LogP contribution in [0.3, 0.4) is 0 Å². The summed E-state index contributed by atoms with van der Waals surface area (Å²) in [6, 6.07) is -0.927. The zero-order valence-electron chi connectivity index (χ0n) is 49.0. The maximum absolute atomic E-state index is 13.3. The van der Waals surface area contributed by atoms with Gasteiger partial charge in [-0.05, 0) is 32.1 Å². The Labute approximate surface area is 468 Å². The summed E-state index contributed by atoms with van der Waals surface area (Å²) >= 11 is 0. The van der Waals surface area contributed by atoms with Gasteiger partial charge in [0.25, 0.3) is 0 Å². The molecule has 0 spiro atoms. The summed E-state index contributed by atoms with van der Waals surface area (Å²) in [7, 11) is 0. The smallest absolute Gasteiger partial charge is 0.220 e. The van der Waals surface area contributed by atoms with Gasteiger partial charge in [-0.1, -0.05) is 263 Å². The minimum atomic E-state index is -1.79. The van der Waals surface area contributed by atoms with E-state index in [0.29, 0.717) is 12.8 Å². The van der Waals surface area contributed by atoms with E-state index in [1.807, 2.05) is 6.08 Å². The molecule has 9 N–H and O–H groups in total. The third-order valence-electron chi connectivity index (χ3n) is 15.9. The molecule has 0 aromatic rings. The molecule has 2 aliphatic rings. The molecule has 2 saturated heterocycles. The quantitative estimate of drug-likeness (QED) is 0.0204. The predicted molar refractivity (Wildman–Crippen MR) is 309 cm³/mol. The molecule has 0 radical (unpaired) electrons. The molecule has 0 aromatic carbocycles. The number of ether oxygens (including phenoxy) is 4. The number of aliphatic hydroxyl groups is 8. The van der Waals surface area contributed by atoms with Crippen molar-refractivity contribution in [3.05, 3.63) is 24.3 Å². The molecule has 14 heteroatoms. The lowest BCUT2D eigenvalue weighted by Gasteiger charge is -2.46. The van der Waals surface area contributed by atoms with Crippen molar-refractivity contribution in [3.63, 3.8) is 0 Å². The van der Waals surface area contributed by atoms with Crippen molar-refractivity contribution in [2.45, 2.75) is 351 Å². The minimum absolute atomic E-state index is 0.244. The monoisotopic (exact) mass is 1100 g/mol. The first-order chi connectivity index (χ1) is 37.6. The van der Waals surface area contributed by atoms with E-state index in [2.05, 4.69) is 31.3 Å². The van der Waals surface area contributed by atoms with Crippen molar-refractivity contribution in [1.82, 2.24) is 5.32 Å². The summed E-state index contributed by atoms with van der Waals surface area (Å²) in [4.78, 5) is 13.3. The van der Waals surface area contributed by atoms with Crippen molar-refractivity contribution in [3.8, 4) is 0 Å². The van der Waals surface area contributed by atoms with Gasteiger partial charge in [0.2, 0.25) is 5.91 Å². The van der Waals surface area contributed by atoms with Crippen LogP contribution in [0.25, 0.3) is 0 Å². The van der Waals surface area contributed by atoms with Gasteiger partial charge in [0.05, 0.1) is 32.0 Å². The molecule has 2 rings (SSSR count). The number of nitrogens with one attached hydrogen (secondary N) is 1. The zero-order chi connectivity index (χ0) is 56.0. The van der Waals surface area contributed by atoms with Gasteiger partial charge < -0.3 is 65.1 Å². The van der Waals surface area contributed by atoms with Crippen LogP contribution in [-0.4, -0.2) is 140 Å². The van der Waals surface area contributed by atoms with Crippen LogP contribution in [0.2, 0.25) is 0 Å². The van der Waals surface area contributed by atoms with Gasteiger partial charge in [0.15, 0.2) is 12.6 Å². The molecule has 77 heavy (non-hydrogen) atoms. The number of allylic oxidation sites excluding steroid dienone is 3. The zero-order valence-corrected chi connectivity index (χ0v) is 49.0. The number of aliphatic hydroxyl groups excluding tert-OH is 8. The van der Waals surface area contributed by atoms with Crippen molar-refractivity contribution >= 4 is 5.91 Å². The molecule has 0 aromatic heterocycles. The lowest BCUT2D eigenvalue weighted by Crippen LogP contribution is -2.65. The van der Waals surface area contributed by atoms with E-state index in [4.69, 9.17) is 18.9 Å². The maximum atomic E-state index is 13.3. The van der Waals surface area contributed by atoms with E-state index < -0.39 is 86.8 Å². The molecular formula is C63H119NO13. The van der Waals surface area contributed by atoms with Gasteiger partial charge in [-0.3, -0.25) is 4.79 Å². The molecule has 12 atom stereocenters. The topological polar surface area (TPSA) is 228 Å². The second kappa shape index (κ2) is 49.1. The summed E-state index contributed by atoms with van der Waals surface area (Å²) in [5, 5.41) is 87.1. The number of unbranched alkanes of at least 4 members (excludes halogenated alkanes) is 37. The van der Waals surface area contributed by atoms with Gasteiger partial charge in [-0.2, -0.15) is 0 Å². The largest absolute Gasteiger partial charge is 0.394 e. The summed E-state index contributed by atoms with van der Waals surface area (Å²) in [6.45, 7) is 2.81. The summed E-state index contributed by atoms with van der Waals surface area (Å²) in [5.41, 5.74) is 0. The first kappa shape index (κ1) is 71.6. The van der Waals surface area contributed by atoms with Crippen LogP contribution in [0.4, 0.5) is 0 Å². The minimum Gasteiger partial charge on any atom is -0.394 e. The Morgan fingerprint density at radius 3 is 1.27 bits per heavy atom. The van der Waals surface area contributed by atoms with Crippen molar-refractivity contribution < 1.29 is 64.6 Å². The van der Waals surface area contributed by atoms with Gasteiger partial charge in [-0.25, -0.2) is 0 Å². The van der Waals surface area contributed by atoms with Gasteiger partial charge in [0.1, 0.15) is 48.8 Å². The molecule has 1 amide bonds. The summed E-state index contributed by atoms with van der Waals surface area (Å²) in [5.74, 6) is -0.244. The van der Waals surface area contributed by atoms with Crippen LogP contribution in [0.5, 0.6) is 0 Å². The SMILES string of the molecule is CCCCCCCCCCC/C=C/CC/C=C/C(O)C(COC1OC(CO)C(OC2OC(CO)C(O)C(O)C2O)C(O)C1O)NC(=O)CCCCCCCCCCCCCCCCCCCCCCCCCCCCCC. The molecule has 0 aliphatic carbocycles. The highest BCUT2D eigenvalue weighted by Crippen LogP contribution is 2.30. The summed E-state index contributed by atoms with van der Waals surface area (Å²) < 4.78 is 22.8. The number of amides is 1. The predicted octanol–water partition coefficient (Wildman–Crippen LogP) is 11.6. The Morgan fingerprint density at radius 2 is 0.831 bits per heavy atom. The maximum Gasteiger partial charge on any atom is 0.220 e. The molecule has 2 fully saturated rings. The molecule has 12 unspecified atom stereocenters. The normalized spacial score (nSPS) is 24.8. The lowest BCUT2D eigenvalue weighted by molar-refractivity contribution is -0.359. The Morgan fingerprint density at radius 1 is 0.455 bits per heavy atom. The first-order valence-electron chi connectivity index (χ1n) is 32.1. The van der Waals surface area contributed by atoms with E-state index in [1.54, 1.807) is 6.08 Å². The molecule has 2 aliphatic heterocycles. The Hall–Kier alpha value is -1.53. The third kappa shape index (κ3) is 34.5. The fourth-order valence-corrected chi connectivity index (χ4v) is 10.7. The number of carbonyl (C=O) groups excluding carboxylic acids is 1. The van der Waals surface area contributed by atoms with Crippen molar-refractivity contribution in [1.29, 1.82) is 0 Å². The van der Waals surface area contributed by atoms with E-state index in [9.17, 15) is 45.6 Å². The van der Waals surface area contributed by atoms with Crippen LogP contribution in [0.1, 0.15) is 277 Å². The lowest BCUT2D eigenvalue weighted by atomic mass is 9.97. The Kier molecular flexibility index (Phi) is 45.7. The Balaban J connectivity index is 1.68. The highest BCUT2D eigenvalue weighted by molar-refractivity contribution is 5.76. The number of hydrogen-bond acceptors (Lipinski definition) is 13. The standard InChI is InChI=1S/C63H119NO13/c1-3-5-7-9-11-13-15-17-19-20-21-22-23-24-25-26-27-28-29-30-31-33-35-37-39-41-43-45-47-55(68)64-51(52(67)46-44-42-40-38-36-34-32-18-16-14-12-10-8-6-4-2)50-74-62-60(73)58(71)61(54(49-66)76-62)77-63-59(72)57(70)56(69)53(48-65)75-63/h36,38,44,46,51-54,56-63,65-67,69-73H,3-35,37,39-43,45,47-50H2,1-2H3,(H,64,68)/b38-36+,46-44+. The molecule has 0 bridgehead atoms. The number of carbonyl (C=O) groups is 1. The van der Waals surface area contributed by atoms with E-state index in [0.717, 1.165) is 32.1 Å². The molecule has 454 valence electrons. The third-order valence-corrected chi connectivity index (χ3v) is 15.9. The average Bonchev–Trinajstić information content (AvgIpc) is 3.44. The van der Waals surface area contributed by atoms with Crippen molar-refractivity contribution in [2.24, 2.45) is 0 Å². The molecule has 14 nitrogen and oxygen atoms in total. The highest BCUT2D eigenvalue weighted by Gasteiger charge is 2.51. The average molecular weight is 1100 g/mol. The van der Waals surface area contributed by atoms with E-state index in [1.165, 1.54) is 212 Å². The fourth-order valence-electron chi connectivity index (χ4n) is 10.7. The Bertz CT molecular complexity index is 1390. The number of hydrogen-bond donors (Lipinski definition) is 9. The molecular weight excluding hydrogens is 979 g/mol. The highest BCUT2D eigenvalue weighted by atomic mass is 16.7. The van der Waals surface area contributed by atoms with Crippen LogP contribution < -0.4 is 5.32 Å². The van der Waals surface area contributed by atoms with Crippen LogP contribution >= 0.6 is 0 Å². The van der Waals surface area contributed by atoms with Gasteiger partial charge >= 0.3 is 0 Å². The number of rotatable bonds is 52. The van der Waals surface area contributed by atoms with E-state index in [-0.39, 0.29) is 18.9 Å². The van der Waals surface area contributed by atoms with Gasteiger partial charge in [0, 0.05) is 6.42 Å². The molecule has 2 heterocycles. The fraction of sp³-hybridized carbons (Fsp3) is 0.921. The van der Waals surface area contributed by atoms with Crippen LogP contribution in [0, 0.1) is 0 Å². The van der Waals surface area contributed by atoms with Gasteiger partial charge in [-0.15, -0.1) is 0 Å². The van der Waals surface area contributed by atoms with Crippen LogP contribution in [0.15, 0.2) is 24.3 Å². The molecule has 0 saturated carbocycles. The summed E-state index contributed by atoms with van der Waals surface area (Å²) in [6.07, 6.45) is 42.4. The first-order valence-corrected chi connectivity index (χ1v) is 32.1. The van der Waals surface area contributed by atoms with E-state index >= 15 is 0 Å². The van der Waals surface area contributed by atoms with Crippen molar-refractivity contribution in [2.75, 3.05) is 19.8 Å². The second-order valence-corrected chi connectivity index (χ2v) is 22.9. The second-order valence-electron chi connectivity index (χ2n) is 22.9.